The van der Waals surface area contributed by atoms with Crippen molar-refractivity contribution in [3.8, 4) is 0 Å². The maximum atomic E-state index is 12.0. The van der Waals surface area contributed by atoms with Gasteiger partial charge in [-0.3, -0.25) is 19.2 Å². The Bertz CT molecular complexity index is 1380. The van der Waals surface area contributed by atoms with Gasteiger partial charge in [0.05, 0.1) is 0 Å². The van der Waals surface area contributed by atoms with Crippen molar-refractivity contribution in [2.75, 3.05) is 0 Å². The second-order valence-corrected chi connectivity index (χ2v) is 9.89. The van der Waals surface area contributed by atoms with E-state index in [1.54, 1.807) is 36.4 Å². The molecule has 2 aromatic carbocycles. The number of rotatable bonds is 2. The zero-order chi connectivity index (χ0) is 26.2. The van der Waals surface area contributed by atoms with Crippen LogP contribution in [0.15, 0.2) is 71.3 Å². The number of carbonyl (C=O) groups is 4. The molecule has 0 radical (unpaired) electrons. The van der Waals surface area contributed by atoms with Crippen molar-refractivity contribution in [3.05, 3.63) is 93.6 Å². The van der Waals surface area contributed by atoms with Crippen molar-refractivity contribution in [2.24, 2.45) is 0 Å². The van der Waals surface area contributed by atoms with E-state index in [4.69, 9.17) is 4.74 Å². The first-order valence-corrected chi connectivity index (χ1v) is 11.9. The minimum atomic E-state index is -0.608. The van der Waals surface area contributed by atoms with Crippen molar-refractivity contribution in [3.63, 3.8) is 0 Å². The molecule has 0 saturated heterocycles. The summed E-state index contributed by atoms with van der Waals surface area (Å²) in [6.07, 6.45) is 3.48. The largest absolute Gasteiger partial charge is 0.507 e. The maximum Gasteiger partial charge on any atom is 0.234 e. The van der Waals surface area contributed by atoms with Crippen molar-refractivity contribution >= 4 is 34.7 Å². The molecular weight excluding hydrogens is 456 g/mol. The molecule has 1 heterocycles. The minimum Gasteiger partial charge on any atom is -0.507 e. The fourth-order valence-corrected chi connectivity index (χ4v) is 4.41. The summed E-state index contributed by atoms with van der Waals surface area (Å²) < 4.78 is 5.93. The summed E-state index contributed by atoms with van der Waals surface area (Å²) in [6.45, 7) is 7.81. The quantitative estimate of drug-likeness (QED) is 0.425. The van der Waals surface area contributed by atoms with Crippen LogP contribution < -0.4 is 0 Å². The van der Waals surface area contributed by atoms with Gasteiger partial charge in [-0.15, -0.1) is 0 Å². The highest BCUT2D eigenvalue weighted by Crippen LogP contribution is 2.41. The SMILES string of the molecule is CC(C)=CCC1=C(O)c2ccccc2C(=O)C1=O.CC1(C)CCC2=C(O1)c1ccccc1C(=O)C2=O. The van der Waals surface area contributed by atoms with Crippen molar-refractivity contribution in [2.45, 2.75) is 52.6 Å². The summed E-state index contributed by atoms with van der Waals surface area (Å²) in [6, 6.07) is 13.8. The zero-order valence-electron chi connectivity index (χ0n) is 20.8. The van der Waals surface area contributed by atoms with E-state index < -0.39 is 23.1 Å². The molecule has 5 rings (SSSR count). The van der Waals surface area contributed by atoms with Gasteiger partial charge in [-0.25, -0.2) is 0 Å². The molecule has 0 fully saturated rings. The van der Waals surface area contributed by atoms with Gasteiger partial charge < -0.3 is 9.84 Å². The van der Waals surface area contributed by atoms with Crippen LogP contribution in [0, 0.1) is 0 Å². The van der Waals surface area contributed by atoms with E-state index >= 15 is 0 Å². The van der Waals surface area contributed by atoms with Crippen molar-refractivity contribution in [1.29, 1.82) is 0 Å². The molecule has 1 aliphatic heterocycles. The van der Waals surface area contributed by atoms with Gasteiger partial charge >= 0.3 is 0 Å². The van der Waals surface area contributed by atoms with Gasteiger partial charge in [-0.1, -0.05) is 60.2 Å². The number of hydrogen-bond acceptors (Lipinski definition) is 6. The topological polar surface area (TPSA) is 97.7 Å². The van der Waals surface area contributed by atoms with Crippen LogP contribution in [0.5, 0.6) is 0 Å². The molecule has 2 aliphatic carbocycles. The number of aliphatic hydroxyl groups excluding tert-OH is 1. The first-order valence-electron chi connectivity index (χ1n) is 11.9. The molecule has 0 aromatic heterocycles. The van der Waals surface area contributed by atoms with E-state index in [0.29, 0.717) is 28.9 Å². The van der Waals surface area contributed by atoms with E-state index in [2.05, 4.69) is 0 Å². The third kappa shape index (κ3) is 4.59. The van der Waals surface area contributed by atoms with Crippen LogP contribution in [0.4, 0.5) is 0 Å². The Hall–Kier alpha value is -4.06. The molecule has 36 heavy (non-hydrogen) atoms. The van der Waals surface area contributed by atoms with Crippen LogP contribution in [0.1, 0.15) is 78.8 Å². The number of hydrogen-bond donors (Lipinski definition) is 1. The lowest BCUT2D eigenvalue weighted by Gasteiger charge is -2.36. The summed E-state index contributed by atoms with van der Waals surface area (Å²) in [4.78, 5) is 47.9. The number of carbonyl (C=O) groups excluding carboxylic acids is 4. The number of ketones is 4. The van der Waals surface area contributed by atoms with Gasteiger partial charge in [0.15, 0.2) is 0 Å². The van der Waals surface area contributed by atoms with Crippen molar-refractivity contribution < 1.29 is 29.0 Å². The van der Waals surface area contributed by atoms with Gasteiger partial charge in [0.2, 0.25) is 23.1 Å². The van der Waals surface area contributed by atoms with E-state index in [0.717, 1.165) is 17.6 Å². The summed E-state index contributed by atoms with van der Waals surface area (Å²) in [5.74, 6) is -1.43. The molecule has 184 valence electrons. The predicted molar refractivity (Wildman–Crippen MR) is 136 cm³/mol. The molecule has 0 unspecified atom stereocenters. The molecule has 0 saturated carbocycles. The highest BCUT2D eigenvalue weighted by Gasteiger charge is 2.39. The van der Waals surface area contributed by atoms with E-state index in [1.165, 1.54) is 0 Å². The highest BCUT2D eigenvalue weighted by molar-refractivity contribution is 6.52. The second kappa shape index (κ2) is 9.53. The molecule has 1 N–H and O–H groups in total. The van der Waals surface area contributed by atoms with Crippen LogP contribution in [0.2, 0.25) is 0 Å². The molecule has 2 aromatic rings. The number of allylic oxidation sites excluding steroid dienone is 4. The molecule has 0 spiro atoms. The standard InChI is InChI=1S/2C15H14O3/c1-15(2)8-7-11-13(17)12(16)9-5-3-4-6-10(9)14(11)18-15;1-9(2)7-8-12-13(16)10-5-3-4-6-11(10)14(17)15(12)18/h3-6H,7-8H2,1-2H3;3-7,16H,8H2,1-2H3. The van der Waals surface area contributed by atoms with Crippen LogP contribution in [-0.4, -0.2) is 33.8 Å². The average molecular weight is 485 g/mol. The number of ether oxygens (including phenoxy) is 1. The maximum absolute atomic E-state index is 12.0. The molecule has 0 amide bonds. The highest BCUT2D eigenvalue weighted by atomic mass is 16.5. The second-order valence-electron chi connectivity index (χ2n) is 9.89. The number of aliphatic hydroxyl groups is 1. The van der Waals surface area contributed by atoms with Crippen LogP contribution in [0.25, 0.3) is 11.5 Å². The summed E-state index contributed by atoms with van der Waals surface area (Å²) in [5, 5.41) is 10.1. The lowest BCUT2D eigenvalue weighted by atomic mass is 9.82. The van der Waals surface area contributed by atoms with E-state index in [1.807, 2.05) is 45.9 Å². The average Bonchev–Trinajstić information content (AvgIpc) is 2.85. The first kappa shape index (κ1) is 25.0. The Morgan fingerprint density at radius 1 is 0.833 bits per heavy atom. The fourth-order valence-electron chi connectivity index (χ4n) is 4.41. The molecule has 6 nitrogen and oxygen atoms in total. The Morgan fingerprint density at radius 2 is 1.36 bits per heavy atom. The summed E-state index contributed by atoms with van der Waals surface area (Å²) >= 11 is 0. The van der Waals surface area contributed by atoms with Crippen LogP contribution >= 0.6 is 0 Å². The van der Waals surface area contributed by atoms with Gasteiger partial charge in [-0.2, -0.15) is 0 Å². The van der Waals surface area contributed by atoms with Gasteiger partial charge in [0, 0.05) is 33.4 Å². The van der Waals surface area contributed by atoms with Gasteiger partial charge in [-0.05, 0) is 47.0 Å². The van der Waals surface area contributed by atoms with E-state index in [9.17, 15) is 24.3 Å². The minimum absolute atomic E-state index is 0.0762. The molecule has 3 aliphatic rings. The smallest absolute Gasteiger partial charge is 0.234 e. The molecule has 0 bridgehead atoms. The Balaban J connectivity index is 0.000000169. The molecular formula is C30H28O6. The van der Waals surface area contributed by atoms with Crippen molar-refractivity contribution in [1.82, 2.24) is 0 Å². The fraction of sp³-hybridized carbons (Fsp3) is 0.267. The monoisotopic (exact) mass is 484 g/mol. The number of Topliss-reactive ketones (excluding diaryl/α,β-unsaturated/α-hetero) is 4. The van der Waals surface area contributed by atoms with Crippen LogP contribution in [0.3, 0.4) is 0 Å². The molecule has 0 atom stereocenters. The lowest BCUT2D eigenvalue weighted by molar-refractivity contribution is -0.113. The Kier molecular flexibility index (Phi) is 6.63. The number of fused-ring (bicyclic) bond motifs is 3. The van der Waals surface area contributed by atoms with E-state index in [-0.39, 0.29) is 28.9 Å². The lowest BCUT2D eigenvalue weighted by Crippen LogP contribution is -2.34. The Morgan fingerprint density at radius 3 is 1.97 bits per heavy atom. The first-order chi connectivity index (χ1) is 17.0. The van der Waals surface area contributed by atoms with Gasteiger partial charge in [0.1, 0.15) is 17.1 Å². The third-order valence-corrected chi connectivity index (χ3v) is 6.43. The zero-order valence-corrected chi connectivity index (χ0v) is 20.8. The normalized spacial score (nSPS) is 17.9. The molecule has 6 heteroatoms. The summed E-state index contributed by atoms with van der Waals surface area (Å²) in [7, 11) is 0. The number of benzene rings is 2. The van der Waals surface area contributed by atoms with Gasteiger partial charge in [0.25, 0.3) is 0 Å². The predicted octanol–water partition coefficient (Wildman–Crippen LogP) is 5.83. The van der Waals surface area contributed by atoms with Crippen LogP contribution in [-0.2, 0) is 14.3 Å². The third-order valence-electron chi connectivity index (χ3n) is 6.43. The summed E-state index contributed by atoms with van der Waals surface area (Å²) in [5.41, 5.74) is 3.41. The Labute approximate surface area is 210 Å².